The summed E-state index contributed by atoms with van der Waals surface area (Å²) in [5.41, 5.74) is 3.57. The molecule has 0 fully saturated rings. The summed E-state index contributed by atoms with van der Waals surface area (Å²) in [5.74, 6) is -0.0981. The lowest BCUT2D eigenvalue weighted by molar-refractivity contribution is -0.124. The first kappa shape index (κ1) is 23.9. The Hall–Kier alpha value is -2.35. The smallest absolute Gasteiger partial charge is 0.271 e. The molecule has 2 amide bonds. The second-order valence-corrected chi connectivity index (χ2v) is 9.08. The zero-order chi connectivity index (χ0) is 22.1. The highest BCUT2D eigenvalue weighted by atomic mass is 35.6. The highest BCUT2D eigenvalue weighted by Gasteiger charge is 2.36. The van der Waals surface area contributed by atoms with Crippen LogP contribution in [0, 0.1) is 5.92 Å². The number of aromatic nitrogens is 1. The predicted molar refractivity (Wildman–Crippen MR) is 118 cm³/mol. The third-order valence-electron chi connectivity index (χ3n) is 3.64. The fourth-order valence-electron chi connectivity index (χ4n) is 2.26. The number of pyridine rings is 1. The summed E-state index contributed by atoms with van der Waals surface area (Å²) in [6.45, 7) is 3.81. The van der Waals surface area contributed by atoms with E-state index < -0.39 is 10.0 Å². The molecule has 7 nitrogen and oxygen atoms in total. The van der Waals surface area contributed by atoms with Gasteiger partial charge in [0.15, 0.2) is 0 Å². The molecule has 1 heterocycles. The fourth-order valence-corrected chi connectivity index (χ4v) is 2.55. The molecule has 10 heteroatoms. The van der Waals surface area contributed by atoms with E-state index in [2.05, 4.69) is 20.8 Å². The third kappa shape index (κ3) is 8.18. The Morgan fingerprint density at radius 3 is 2.33 bits per heavy atom. The van der Waals surface area contributed by atoms with Gasteiger partial charge in [-0.15, -0.1) is 0 Å². The van der Waals surface area contributed by atoms with Crippen LogP contribution in [0.3, 0.4) is 0 Å². The number of nitrogens with one attached hydrogen (secondary N) is 2. The van der Waals surface area contributed by atoms with Crippen molar-refractivity contribution in [3.05, 3.63) is 59.9 Å². The van der Waals surface area contributed by atoms with Gasteiger partial charge in [-0.3, -0.25) is 14.6 Å². The minimum Gasteiger partial charge on any atom is -0.466 e. The third-order valence-corrected chi connectivity index (χ3v) is 4.23. The van der Waals surface area contributed by atoms with Crippen LogP contribution in [0.25, 0.3) is 0 Å². The van der Waals surface area contributed by atoms with E-state index in [-0.39, 0.29) is 24.2 Å². The standard InChI is InChI=1S/C20H21Cl3N4O3/c1-13(2)11-17(28)26-19(20(21,22)23)30-16-5-3-14(4-6-16)12-25-27-18(29)15-7-9-24-10-8-15/h3-10,12-13,19H,11H2,1-2H3,(H,26,28)(H,27,29)/b25-12+. The number of ether oxygens (including phenoxy) is 1. The van der Waals surface area contributed by atoms with Crippen LogP contribution >= 0.6 is 34.8 Å². The summed E-state index contributed by atoms with van der Waals surface area (Å²) in [5, 5.41) is 6.49. The Labute approximate surface area is 189 Å². The molecule has 1 atom stereocenters. The van der Waals surface area contributed by atoms with Gasteiger partial charge in [-0.2, -0.15) is 5.10 Å². The molecular weight excluding hydrogens is 451 g/mol. The minimum absolute atomic E-state index is 0.152. The maximum Gasteiger partial charge on any atom is 0.271 e. The van der Waals surface area contributed by atoms with Crippen LogP contribution in [-0.4, -0.2) is 33.0 Å². The second kappa shape index (κ2) is 11.2. The minimum atomic E-state index is -1.86. The van der Waals surface area contributed by atoms with E-state index in [1.807, 2.05) is 13.8 Å². The van der Waals surface area contributed by atoms with E-state index in [9.17, 15) is 9.59 Å². The number of rotatable bonds is 8. The van der Waals surface area contributed by atoms with Gasteiger partial charge in [-0.1, -0.05) is 48.7 Å². The summed E-state index contributed by atoms with van der Waals surface area (Å²) in [6.07, 6.45) is 3.63. The number of carbonyl (C=O) groups excluding carboxylic acids is 2. The first-order chi connectivity index (χ1) is 14.1. The summed E-state index contributed by atoms with van der Waals surface area (Å²) in [6, 6.07) is 9.82. The highest BCUT2D eigenvalue weighted by molar-refractivity contribution is 6.68. The van der Waals surface area contributed by atoms with Crippen molar-refractivity contribution >= 4 is 52.8 Å². The lowest BCUT2D eigenvalue weighted by atomic mass is 10.1. The maximum absolute atomic E-state index is 12.0. The molecule has 30 heavy (non-hydrogen) atoms. The first-order valence-electron chi connectivity index (χ1n) is 9.01. The number of hydrazone groups is 1. The molecule has 0 radical (unpaired) electrons. The summed E-state index contributed by atoms with van der Waals surface area (Å²) >= 11 is 17.8. The maximum atomic E-state index is 12.0. The molecule has 1 aromatic carbocycles. The van der Waals surface area contributed by atoms with Gasteiger partial charge in [0.05, 0.1) is 6.21 Å². The average molecular weight is 472 g/mol. The van der Waals surface area contributed by atoms with E-state index >= 15 is 0 Å². The molecule has 2 N–H and O–H groups in total. The van der Waals surface area contributed by atoms with Crippen molar-refractivity contribution in [2.45, 2.75) is 30.3 Å². The van der Waals surface area contributed by atoms with Crippen LogP contribution in [0.15, 0.2) is 53.9 Å². The van der Waals surface area contributed by atoms with Gasteiger partial charge in [-0.25, -0.2) is 5.43 Å². The van der Waals surface area contributed by atoms with E-state index in [4.69, 9.17) is 39.5 Å². The summed E-state index contributed by atoms with van der Waals surface area (Å²) in [7, 11) is 0. The Bertz CT molecular complexity index is 869. The van der Waals surface area contributed by atoms with Crippen molar-refractivity contribution in [2.75, 3.05) is 0 Å². The Morgan fingerprint density at radius 2 is 1.77 bits per heavy atom. The molecule has 0 aliphatic heterocycles. The van der Waals surface area contributed by atoms with Crippen LogP contribution in [0.1, 0.15) is 36.2 Å². The largest absolute Gasteiger partial charge is 0.466 e. The number of halogens is 3. The monoisotopic (exact) mass is 470 g/mol. The Morgan fingerprint density at radius 1 is 1.13 bits per heavy atom. The molecule has 0 bridgehead atoms. The number of hydrogen-bond acceptors (Lipinski definition) is 5. The van der Waals surface area contributed by atoms with E-state index in [0.29, 0.717) is 16.9 Å². The Balaban J connectivity index is 1.96. The molecule has 2 rings (SSSR count). The Kier molecular flexibility index (Phi) is 8.89. The van der Waals surface area contributed by atoms with Gasteiger partial charge in [0, 0.05) is 24.4 Å². The molecule has 0 saturated heterocycles. The van der Waals surface area contributed by atoms with E-state index in [1.165, 1.54) is 18.6 Å². The number of hydrogen-bond donors (Lipinski definition) is 2. The van der Waals surface area contributed by atoms with Crippen LogP contribution < -0.4 is 15.5 Å². The molecule has 1 aromatic heterocycles. The number of benzene rings is 1. The van der Waals surface area contributed by atoms with E-state index in [1.54, 1.807) is 36.4 Å². The lowest BCUT2D eigenvalue weighted by Gasteiger charge is -2.26. The highest BCUT2D eigenvalue weighted by Crippen LogP contribution is 2.32. The van der Waals surface area contributed by atoms with Gasteiger partial charge < -0.3 is 10.1 Å². The average Bonchev–Trinajstić information content (AvgIpc) is 2.68. The molecule has 0 spiro atoms. The zero-order valence-corrected chi connectivity index (χ0v) is 18.6. The summed E-state index contributed by atoms with van der Waals surface area (Å²) < 4.78 is 3.78. The molecule has 0 aliphatic carbocycles. The summed E-state index contributed by atoms with van der Waals surface area (Å²) in [4.78, 5) is 27.8. The van der Waals surface area contributed by atoms with Gasteiger partial charge in [0.25, 0.3) is 5.91 Å². The van der Waals surface area contributed by atoms with Crippen LogP contribution in [0.5, 0.6) is 5.75 Å². The number of alkyl halides is 3. The van der Waals surface area contributed by atoms with Gasteiger partial charge in [0.2, 0.25) is 15.9 Å². The predicted octanol–water partition coefficient (Wildman–Crippen LogP) is 4.08. The number of nitrogens with zero attached hydrogens (tertiary/aromatic N) is 2. The van der Waals surface area contributed by atoms with Crippen LogP contribution in [-0.2, 0) is 4.79 Å². The normalized spacial score (nSPS) is 12.6. The molecular formula is C20H21Cl3N4O3. The first-order valence-corrected chi connectivity index (χ1v) is 10.1. The van der Waals surface area contributed by atoms with E-state index in [0.717, 1.165) is 0 Å². The molecule has 160 valence electrons. The molecule has 2 aromatic rings. The van der Waals surface area contributed by atoms with Crippen molar-refractivity contribution in [1.29, 1.82) is 0 Å². The molecule has 0 aliphatic rings. The van der Waals surface area contributed by atoms with Gasteiger partial charge >= 0.3 is 0 Å². The van der Waals surface area contributed by atoms with Crippen molar-refractivity contribution in [2.24, 2.45) is 11.0 Å². The topological polar surface area (TPSA) is 92.7 Å². The fraction of sp³-hybridized carbons (Fsp3) is 0.300. The van der Waals surface area contributed by atoms with Crippen molar-refractivity contribution < 1.29 is 14.3 Å². The number of amides is 2. The van der Waals surface area contributed by atoms with Gasteiger partial charge in [0.1, 0.15) is 5.75 Å². The van der Waals surface area contributed by atoms with Crippen molar-refractivity contribution in [3.8, 4) is 5.75 Å². The number of carbonyl (C=O) groups is 2. The van der Waals surface area contributed by atoms with Crippen molar-refractivity contribution in [3.63, 3.8) is 0 Å². The van der Waals surface area contributed by atoms with Crippen LogP contribution in [0.2, 0.25) is 0 Å². The molecule has 0 saturated carbocycles. The zero-order valence-electron chi connectivity index (χ0n) is 16.3. The van der Waals surface area contributed by atoms with Crippen molar-refractivity contribution in [1.82, 2.24) is 15.7 Å². The molecule has 1 unspecified atom stereocenters. The quantitative estimate of drug-likeness (QED) is 0.262. The SMILES string of the molecule is CC(C)CC(=O)NC(Oc1ccc(/C=N/NC(=O)c2ccncc2)cc1)C(Cl)(Cl)Cl. The van der Waals surface area contributed by atoms with Gasteiger partial charge in [-0.05, 0) is 47.9 Å². The van der Waals surface area contributed by atoms with Crippen LogP contribution in [0.4, 0.5) is 0 Å². The lowest BCUT2D eigenvalue weighted by Crippen LogP contribution is -2.48. The second-order valence-electron chi connectivity index (χ2n) is 6.71.